The van der Waals surface area contributed by atoms with E-state index in [1.165, 1.54) is 10.4 Å². The molecule has 0 radical (unpaired) electrons. The molecule has 4 heteroatoms. The van der Waals surface area contributed by atoms with Gasteiger partial charge in [0.15, 0.2) is 0 Å². The highest BCUT2D eigenvalue weighted by Gasteiger charge is 2.37. The third kappa shape index (κ3) is 2.35. The lowest BCUT2D eigenvalue weighted by molar-refractivity contribution is -0.134. The summed E-state index contributed by atoms with van der Waals surface area (Å²) in [5, 5.41) is 2.13. The van der Waals surface area contributed by atoms with Crippen LogP contribution >= 0.6 is 11.3 Å². The molecular formula is C15H19NO2S. The average Bonchev–Trinajstić information content (AvgIpc) is 2.83. The van der Waals surface area contributed by atoms with Gasteiger partial charge in [0.2, 0.25) is 5.91 Å². The Hall–Kier alpha value is -1.13. The summed E-state index contributed by atoms with van der Waals surface area (Å²) < 4.78 is 5.29. The van der Waals surface area contributed by atoms with Crippen molar-refractivity contribution in [2.24, 2.45) is 0 Å². The Morgan fingerprint density at radius 3 is 3.05 bits per heavy atom. The highest BCUT2D eigenvalue weighted by Crippen LogP contribution is 2.34. The van der Waals surface area contributed by atoms with Crippen molar-refractivity contribution in [3.05, 3.63) is 33.5 Å². The summed E-state index contributed by atoms with van der Waals surface area (Å²) in [6.45, 7) is 6.30. The van der Waals surface area contributed by atoms with Gasteiger partial charge in [-0.3, -0.25) is 4.79 Å². The molecular weight excluding hydrogens is 258 g/mol. The largest absolute Gasteiger partial charge is 0.377 e. The number of thiophene rings is 1. The number of amides is 1. The molecule has 0 atom stereocenters. The maximum Gasteiger partial charge on any atom is 0.250 e. The van der Waals surface area contributed by atoms with Crippen LogP contribution in [0.2, 0.25) is 0 Å². The lowest BCUT2D eigenvalue weighted by Crippen LogP contribution is -2.51. The van der Waals surface area contributed by atoms with Gasteiger partial charge in [0, 0.05) is 22.4 Å². The van der Waals surface area contributed by atoms with Gasteiger partial charge in [-0.05, 0) is 37.3 Å². The maximum absolute atomic E-state index is 12.7. The van der Waals surface area contributed by atoms with Gasteiger partial charge in [-0.25, -0.2) is 0 Å². The normalized spacial score (nSPS) is 21.8. The van der Waals surface area contributed by atoms with E-state index >= 15 is 0 Å². The molecule has 0 spiro atoms. The minimum absolute atomic E-state index is 0.107. The van der Waals surface area contributed by atoms with Crippen molar-refractivity contribution >= 4 is 17.2 Å². The van der Waals surface area contributed by atoms with E-state index in [9.17, 15) is 4.79 Å². The van der Waals surface area contributed by atoms with Crippen LogP contribution in [0.25, 0.3) is 0 Å². The molecule has 2 aliphatic heterocycles. The summed E-state index contributed by atoms with van der Waals surface area (Å²) in [6.07, 6.45) is 3.62. The van der Waals surface area contributed by atoms with E-state index in [1.807, 2.05) is 11.0 Å². The fourth-order valence-electron chi connectivity index (χ4n) is 2.82. The Balaban J connectivity index is 1.87. The van der Waals surface area contributed by atoms with Crippen LogP contribution in [0, 0.1) is 0 Å². The molecule has 0 saturated heterocycles. The van der Waals surface area contributed by atoms with Crippen LogP contribution in [-0.2, 0) is 22.5 Å². The van der Waals surface area contributed by atoms with Crippen molar-refractivity contribution in [2.75, 3.05) is 13.2 Å². The van der Waals surface area contributed by atoms with Crippen LogP contribution in [-0.4, -0.2) is 29.6 Å². The van der Waals surface area contributed by atoms with E-state index in [1.54, 1.807) is 11.3 Å². The molecule has 0 N–H and O–H groups in total. The molecule has 0 bridgehead atoms. The molecule has 1 amide bonds. The van der Waals surface area contributed by atoms with Gasteiger partial charge in [-0.2, -0.15) is 0 Å². The van der Waals surface area contributed by atoms with Crippen molar-refractivity contribution < 1.29 is 9.53 Å². The first-order chi connectivity index (χ1) is 9.08. The molecule has 0 fully saturated rings. The summed E-state index contributed by atoms with van der Waals surface area (Å²) in [5.41, 5.74) is 2.21. The predicted molar refractivity (Wildman–Crippen MR) is 76.2 cm³/mol. The van der Waals surface area contributed by atoms with E-state index < -0.39 is 0 Å². The van der Waals surface area contributed by atoms with E-state index in [4.69, 9.17) is 4.74 Å². The lowest BCUT2D eigenvalue weighted by atomic mass is 9.88. The Bertz CT molecular complexity index is 530. The minimum Gasteiger partial charge on any atom is -0.377 e. The molecule has 0 aromatic carbocycles. The van der Waals surface area contributed by atoms with Crippen LogP contribution in [0.15, 0.2) is 23.1 Å². The molecule has 1 aromatic heterocycles. The second-order valence-electron chi connectivity index (χ2n) is 5.80. The second-order valence-corrected chi connectivity index (χ2v) is 6.80. The third-order valence-corrected chi connectivity index (χ3v) is 4.92. The summed E-state index contributed by atoms with van der Waals surface area (Å²) in [4.78, 5) is 16.1. The van der Waals surface area contributed by atoms with E-state index in [2.05, 4.69) is 25.3 Å². The molecule has 3 nitrogen and oxygen atoms in total. The van der Waals surface area contributed by atoms with Gasteiger partial charge in [0.1, 0.15) is 0 Å². The number of fused-ring (bicyclic) bond motifs is 1. The predicted octanol–water partition coefficient (Wildman–Crippen LogP) is 2.76. The highest BCUT2D eigenvalue weighted by atomic mass is 32.1. The van der Waals surface area contributed by atoms with Crippen molar-refractivity contribution in [3.63, 3.8) is 0 Å². The number of hydrogen-bond acceptors (Lipinski definition) is 3. The maximum atomic E-state index is 12.7. The summed E-state index contributed by atoms with van der Waals surface area (Å²) in [5.74, 6) is 0.187. The topological polar surface area (TPSA) is 29.5 Å². The molecule has 19 heavy (non-hydrogen) atoms. The van der Waals surface area contributed by atoms with Crippen LogP contribution < -0.4 is 0 Å². The number of nitrogens with zero attached hydrogens (tertiary/aromatic N) is 1. The van der Waals surface area contributed by atoms with Crippen LogP contribution in [0.4, 0.5) is 0 Å². The van der Waals surface area contributed by atoms with Crippen LogP contribution in [0.5, 0.6) is 0 Å². The van der Waals surface area contributed by atoms with Crippen molar-refractivity contribution in [3.8, 4) is 0 Å². The van der Waals surface area contributed by atoms with Gasteiger partial charge in [0.05, 0.1) is 19.8 Å². The van der Waals surface area contributed by atoms with Gasteiger partial charge in [-0.1, -0.05) is 6.08 Å². The standard InChI is InChI=1S/C15H19NO2S/c1-15(2)9-12-5-8-19-13(12)10-16(15)14(17)11-3-6-18-7-4-11/h3,5,8H,4,6-7,9-10H2,1-2H3. The van der Waals surface area contributed by atoms with E-state index in [-0.39, 0.29) is 11.4 Å². The Morgan fingerprint density at radius 1 is 1.47 bits per heavy atom. The average molecular weight is 277 g/mol. The Morgan fingerprint density at radius 2 is 2.32 bits per heavy atom. The van der Waals surface area contributed by atoms with Crippen LogP contribution in [0.3, 0.4) is 0 Å². The number of carbonyl (C=O) groups is 1. The lowest BCUT2D eigenvalue weighted by Gasteiger charge is -2.43. The smallest absolute Gasteiger partial charge is 0.250 e. The fraction of sp³-hybridized carbons (Fsp3) is 0.533. The molecule has 3 rings (SSSR count). The zero-order chi connectivity index (χ0) is 13.5. The van der Waals surface area contributed by atoms with Crippen molar-refractivity contribution in [1.82, 2.24) is 4.90 Å². The van der Waals surface area contributed by atoms with Crippen molar-refractivity contribution in [2.45, 2.75) is 38.8 Å². The first-order valence-corrected chi connectivity index (χ1v) is 7.60. The molecule has 3 heterocycles. The Kier molecular flexibility index (Phi) is 3.23. The monoisotopic (exact) mass is 277 g/mol. The molecule has 0 aliphatic carbocycles. The molecule has 2 aliphatic rings. The fourth-order valence-corrected chi connectivity index (χ4v) is 3.72. The molecule has 102 valence electrons. The van der Waals surface area contributed by atoms with E-state index in [0.717, 1.165) is 25.0 Å². The summed E-state index contributed by atoms with van der Waals surface area (Å²) >= 11 is 1.76. The molecule has 1 aromatic rings. The van der Waals surface area contributed by atoms with Gasteiger partial charge < -0.3 is 9.64 Å². The van der Waals surface area contributed by atoms with Gasteiger partial charge in [-0.15, -0.1) is 11.3 Å². The molecule has 0 saturated carbocycles. The number of hydrogen-bond donors (Lipinski definition) is 0. The highest BCUT2D eigenvalue weighted by molar-refractivity contribution is 7.10. The zero-order valence-electron chi connectivity index (χ0n) is 11.4. The molecule has 0 unspecified atom stereocenters. The first-order valence-electron chi connectivity index (χ1n) is 6.72. The SMILES string of the molecule is CC1(C)Cc2ccsc2CN1C(=O)C1=CCOCC1. The van der Waals surface area contributed by atoms with E-state index in [0.29, 0.717) is 13.2 Å². The van der Waals surface area contributed by atoms with Gasteiger partial charge >= 0.3 is 0 Å². The zero-order valence-corrected chi connectivity index (χ0v) is 12.3. The summed E-state index contributed by atoms with van der Waals surface area (Å²) in [6, 6.07) is 2.19. The first kappa shape index (κ1) is 12.9. The quantitative estimate of drug-likeness (QED) is 0.790. The Labute approximate surface area is 117 Å². The van der Waals surface area contributed by atoms with Gasteiger partial charge in [0.25, 0.3) is 0 Å². The minimum atomic E-state index is -0.107. The second kappa shape index (κ2) is 4.76. The van der Waals surface area contributed by atoms with Crippen molar-refractivity contribution in [1.29, 1.82) is 0 Å². The van der Waals surface area contributed by atoms with Crippen LogP contribution in [0.1, 0.15) is 30.7 Å². The number of carbonyl (C=O) groups excluding carboxylic acids is 1. The number of ether oxygens (including phenoxy) is 1. The summed E-state index contributed by atoms with van der Waals surface area (Å²) in [7, 11) is 0. The third-order valence-electron chi connectivity index (χ3n) is 3.98. The number of rotatable bonds is 1.